The first kappa shape index (κ1) is 13.1. The lowest BCUT2D eigenvalue weighted by Gasteiger charge is -2.19. The van der Waals surface area contributed by atoms with Crippen LogP contribution in [0.15, 0.2) is 30.5 Å². The van der Waals surface area contributed by atoms with Gasteiger partial charge >= 0.3 is 0 Å². The van der Waals surface area contributed by atoms with Crippen molar-refractivity contribution in [2.75, 3.05) is 11.9 Å². The van der Waals surface area contributed by atoms with E-state index in [0.29, 0.717) is 17.9 Å². The van der Waals surface area contributed by atoms with Gasteiger partial charge in [-0.25, -0.2) is 4.98 Å². The van der Waals surface area contributed by atoms with Gasteiger partial charge in [-0.1, -0.05) is 11.6 Å². The quantitative estimate of drug-likeness (QED) is 0.802. The fourth-order valence-corrected chi connectivity index (χ4v) is 2.86. The summed E-state index contributed by atoms with van der Waals surface area (Å²) in [6, 6.07) is 7.43. The van der Waals surface area contributed by atoms with Gasteiger partial charge in [0.1, 0.15) is 5.82 Å². The van der Waals surface area contributed by atoms with E-state index in [4.69, 9.17) is 11.6 Å². The second-order valence-electron chi connectivity index (χ2n) is 3.99. The maximum Gasteiger partial charge on any atom is 0.163 e. The van der Waals surface area contributed by atoms with Crippen LogP contribution in [0.25, 0.3) is 0 Å². The third kappa shape index (κ3) is 2.89. The average molecular weight is 281 g/mol. The van der Waals surface area contributed by atoms with Crippen LogP contribution in [0.2, 0.25) is 4.34 Å². The number of carbonyl (C=O) groups excluding carboxylic acids is 1. The SMILES string of the molecule is CC(=O)c1cccnc1N(C)Cc1ccc(Cl)s1. The number of pyridine rings is 1. The molecule has 5 heteroatoms. The number of halogens is 1. The molecule has 0 aliphatic carbocycles. The van der Waals surface area contributed by atoms with Gasteiger partial charge in [-0.05, 0) is 31.2 Å². The molecule has 0 saturated carbocycles. The van der Waals surface area contributed by atoms with Crippen molar-refractivity contribution in [1.29, 1.82) is 0 Å². The van der Waals surface area contributed by atoms with E-state index in [2.05, 4.69) is 4.98 Å². The predicted molar refractivity (Wildman–Crippen MR) is 75.7 cm³/mol. The monoisotopic (exact) mass is 280 g/mol. The number of aromatic nitrogens is 1. The molecule has 0 aliphatic rings. The van der Waals surface area contributed by atoms with Crippen LogP contribution in [-0.2, 0) is 6.54 Å². The van der Waals surface area contributed by atoms with Crippen LogP contribution in [0.4, 0.5) is 5.82 Å². The van der Waals surface area contributed by atoms with E-state index in [-0.39, 0.29) is 5.78 Å². The summed E-state index contributed by atoms with van der Waals surface area (Å²) < 4.78 is 0.770. The number of ketones is 1. The summed E-state index contributed by atoms with van der Waals surface area (Å²) in [6.07, 6.45) is 1.69. The fourth-order valence-electron chi connectivity index (χ4n) is 1.72. The maximum atomic E-state index is 11.5. The van der Waals surface area contributed by atoms with Crippen molar-refractivity contribution in [3.63, 3.8) is 0 Å². The predicted octanol–water partition coefficient (Wildman–Crippen LogP) is 3.64. The van der Waals surface area contributed by atoms with Crippen molar-refractivity contribution < 1.29 is 4.79 Å². The van der Waals surface area contributed by atoms with Gasteiger partial charge < -0.3 is 4.90 Å². The Morgan fingerprint density at radius 1 is 1.44 bits per heavy atom. The van der Waals surface area contributed by atoms with Crippen LogP contribution in [0.1, 0.15) is 22.2 Å². The molecule has 2 heterocycles. The zero-order chi connectivity index (χ0) is 13.1. The Kier molecular flexibility index (Phi) is 3.99. The number of carbonyl (C=O) groups is 1. The van der Waals surface area contributed by atoms with Gasteiger partial charge in [0.15, 0.2) is 5.78 Å². The van der Waals surface area contributed by atoms with Crippen molar-refractivity contribution in [2.45, 2.75) is 13.5 Å². The lowest BCUT2D eigenvalue weighted by Crippen LogP contribution is -2.19. The van der Waals surface area contributed by atoms with E-state index in [1.807, 2.05) is 24.1 Å². The van der Waals surface area contributed by atoms with E-state index in [1.54, 1.807) is 25.3 Å². The first-order valence-corrected chi connectivity index (χ1v) is 6.68. The van der Waals surface area contributed by atoms with Gasteiger partial charge in [0.2, 0.25) is 0 Å². The number of nitrogens with zero attached hydrogens (tertiary/aromatic N) is 2. The van der Waals surface area contributed by atoms with Gasteiger partial charge in [0.25, 0.3) is 0 Å². The third-order valence-electron chi connectivity index (χ3n) is 2.55. The molecule has 0 aliphatic heterocycles. The molecule has 0 amide bonds. The molecule has 0 aromatic carbocycles. The molecule has 0 atom stereocenters. The number of thiophene rings is 1. The van der Waals surface area contributed by atoms with Gasteiger partial charge in [0, 0.05) is 18.1 Å². The largest absolute Gasteiger partial charge is 0.354 e. The Morgan fingerprint density at radius 3 is 2.83 bits per heavy atom. The highest BCUT2D eigenvalue weighted by atomic mass is 35.5. The Morgan fingerprint density at radius 2 is 2.22 bits per heavy atom. The summed E-state index contributed by atoms with van der Waals surface area (Å²) in [6.45, 7) is 2.24. The lowest BCUT2D eigenvalue weighted by molar-refractivity contribution is 0.101. The molecule has 2 aromatic rings. The van der Waals surface area contributed by atoms with Crippen molar-refractivity contribution in [3.8, 4) is 0 Å². The number of anilines is 1. The molecular weight excluding hydrogens is 268 g/mol. The number of rotatable bonds is 4. The Bertz CT molecular complexity index is 568. The summed E-state index contributed by atoms with van der Waals surface area (Å²) in [7, 11) is 1.92. The van der Waals surface area contributed by atoms with E-state index < -0.39 is 0 Å². The zero-order valence-electron chi connectivity index (χ0n) is 10.2. The number of hydrogen-bond donors (Lipinski definition) is 0. The van der Waals surface area contributed by atoms with Crippen molar-refractivity contribution in [2.24, 2.45) is 0 Å². The lowest BCUT2D eigenvalue weighted by atomic mass is 10.2. The third-order valence-corrected chi connectivity index (χ3v) is 3.77. The Balaban J connectivity index is 2.23. The van der Waals surface area contributed by atoms with Gasteiger partial charge in [-0.2, -0.15) is 0 Å². The van der Waals surface area contributed by atoms with E-state index in [9.17, 15) is 4.79 Å². The van der Waals surface area contributed by atoms with Crippen LogP contribution in [0, 0.1) is 0 Å². The smallest absolute Gasteiger partial charge is 0.163 e. The van der Waals surface area contributed by atoms with E-state index >= 15 is 0 Å². The van der Waals surface area contributed by atoms with Crippen molar-refractivity contribution in [3.05, 3.63) is 45.2 Å². The second kappa shape index (κ2) is 5.50. The van der Waals surface area contributed by atoms with E-state index in [0.717, 1.165) is 9.21 Å². The standard InChI is InChI=1S/C13H13ClN2OS/c1-9(17)11-4-3-7-15-13(11)16(2)8-10-5-6-12(14)18-10/h3-7H,8H2,1-2H3. The minimum atomic E-state index is 0.0224. The highest BCUT2D eigenvalue weighted by molar-refractivity contribution is 7.16. The summed E-state index contributed by atoms with van der Waals surface area (Å²) in [5.74, 6) is 0.726. The molecule has 0 N–H and O–H groups in total. The Labute approximate surface area is 115 Å². The van der Waals surface area contributed by atoms with Gasteiger partial charge in [-0.15, -0.1) is 11.3 Å². The Hall–Kier alpha value is -1.39. The molecule has 0 saturated heterocycles. The molecule has 0 fully saturated rings. The van der Waals surface area contributed by atoms with Crippen LogP contribution in [0.3, 0.4) is 0 Å². The number of Topliss-reactive ketones (excluding diaryl/α,β-unsaturated/α-hetero) is 1. The minimum Gasteiger partial charge on any atom is -0.354 e. The van der Waals surface area contributed by atoms with Crippen LogP contribution < -0.4 is 4.90 Å². The zero-order valence-corrected chi connectivity index (χ0v) is 11.8. The molecule has 3 nitrogen and oxygen atoms in total. The first-order valence-electron chi connectivity index (χ1n) is 5.49. The molecule has 0 spiro atoms. The van der Waals surface area contributed by atoms with Crippen molar-refractivity contribution in [1.82, 2.24) is 4.98 Å². The number of hydrogen-bond acceptors (Lipinski definition) is 4. The summed E-state index contributed by atoms with van der Waals surface area (Å²) in [5.41, 5.74) is 0.641. The molecular formula is C13H13ClN2OS. The average Bonchev–Trinajstić information content (AvgIpc) is 2.74. The summed E-state index contributed by atoms with van der Waals surface area (Å²) in [4.78, 5) is 18.9. The summed E-state index contributed by atoms with van der Waals surface area (Å²) in [5, 5.41) is 0. The van der Waals surface area contributed by atoms with Crippen LogP contribution >= 0.6 is 22.9 Å². The molecule has 2 aromatic heterocycles. The highest BCUT2D eigenvalue weighted by Crippen LogP contribution is 2.25. The normalized spacial score (nSPS) is 10.4. The van der Waals surface area contributed by atoms with Crippen molar-refractivity contribution >= 4 is 34.5 Å². The fraction of sp³-hybridized carbons (Fsp3) is 0.231. The molecule has 0 radical (unpaired) electrons. The molecule has 94 valence electrons. The van der Waals surface area contributed by atoms with Crippen LogP contribution in [-0.4, -0.2) is 17.8 Å². The maximum absolute atomic E-state index is 11.5. The first-order chi connectivity index (χ1) is 8.58. The van der Waals surface area contributed by atoms with Gasteiger partial charge in [-0.3, -0.25) is 4.79 Å². The molecule has 0 bridgehead atoms. The van der Waals surface area contributed by atoms with Crippen LogP contribution in [0.5, 0.6) is 0 Å². The highest BCUT2D eigenvalue weighted by Gasteiger charge is 2.12. The molecule has 0 unspecified atom stereocenters. The van der Waals surface area contributed by atoms with E-state index in [1.165, 1.54) is 11.3 Å². The van der Waals surface area contributed by atoms with Gasteiger partial charge in [0.05, 0.1) is 16.4 Å². The molecule has 2 rings (SSSR count). The summed E-state index contributed by atoms with van der Waals surface area (Å²) >= 11 is 7.44. The molecule has 18 heavy (non-hydrogen) atoms. The second-order valence-corrected chi connectivity index (χ2v) is 5.79. The minimum absolute atomic E-state index is 0.0224. The topological polar surface area (TPSA) is 33.2 Å².